The van der Waals surface area contributed by atoms with Crippen LogP contribution in [0.3, 0.4) is 0 Å². The Balaban J connectivity index is 2.43. The van der Waals surface area contributed by atoms with E-state index < -0.39 is 16.2 Å². The lowest BCUT2D eigenvalue weighted by Gasteiger charge is -2.34. The average Bonchev–Trinajstić information content (AvgIpc) is 2.73. The van der Waals surface area contributed by atoms with Gasteiger partial charge in [0.25, 0.3) is 10.0 Å². The Kier molecular flexibility index (Phi) is 4.08. The molecule has 2 rings (SSSR count). The second-order valence-corrected chi connectivity index (χ2v) is 6.94. The molecule has 110 valence electrons. The largest absolute Gasteiger partial charge is 0.337 e. The van der Waals surface area contributed by atoms with Crippen LogP contribution in [0.2, 0.25) is 0 Å². The molecular weight excluding hydrogens is 280 g/mol. The van der Waals surface area contributed by atoms with Crippen molar-refractivity contribution in [2.24, 2.45) is 18.0 Å². The molecule has 0 saturated carbocycles. The molecule has 0 amide bonds. The van der Waals surface area contributed by atoms with Crippen molar-refractivity contribution in [1.29, 1.82) is 0 Å². The Morgan fingerprint density at radius 3 is 2.75 bits per heavy atom. The molecule has 0 spiro atoms. The van der Waals surface area contributed by atoms with Gasteiger partial charge in [-0.05, 0) is 25.7 Å². The van der Waals surface area contributed by atoms with Gasteiger partial charge >= 0.3 is 0 Å². The van der Waals surface area contributed by atoms with E-state index in [9.17, 15) is 13.2 Å². The minimum absolute atomic E-state index is 0.00213. The van der Waals surface area contributed by atoms with E-state index in [4.69, 9.17) is 0 Å². The minimum atomic E-state index is -3.74. The van der Waals surface area contributed by atoms with Gasteiger partial charge in [-0.1, -0.05) is 6.92 Å². The van der Waals surface area contributed by atoms with Crippen LogP contribution in [0.15, 0.2) is 16.2 Å². The van der Waals surface area contributed by atoms with Crippen molar-refractivity contribution in [2.45, 2.75) is 37.9 Å². The zero-order valence-electron chi connectivity index (χ0n) is 11.8. The van der Waals surface area contributed by atoms with Gasteiger partial charge in [0.05, 0.1) is 0 Å². The molecule has 2 atom stereocenters. The first-order valence-corrected chi connectivity index (χ1v) is 7.90. The molecule has 0 aromatic carbocycles. The van der Waals surface area contributed by atoms with Crippen LogP contribution in [0.1, 0.15) is 25.6 Å². The van der Waals surface area contributed by atoms with Crippen LogP contribution in [0, 0.1) is 12.8 Å². The van der Waals surface area contributed by atoms with E-state index in [1.807, 2.05) is 6.92 Å². The van der Waals surface area contributed by atoms with Gasteiger partial charge in [0.15, 0.2) is 5.03 Å². The number of carbonyl (C=O) groups excluding carboxylic acids is 1. The summed E-state index contributed by atoms with van der Waals surface area (Å²) in [5.41, 5.74) is 0. The van der Waals surface area contributed by atoms with Gasteiger partial charge < -0.3 is 4.57 Å². The molecule has 1 saturated heterocycles. The molecule has 2 unspecified atom stereocenters. The van der Waals surface area contributed by atoms with E-state index in [0.29, 0.717) is 12.4 Å². The monoisotopic (exact) mass is 298 g/mol. The van der Waals surface area contributed by atoms with Gasteiger partial charge in [-0.25, -0.2) is 18.2 Å². The molecule has 20 heavy (non-hydrogen) atoms. The van der Waals surface area contributed by atoms with Crippen molar-refractivity contribution in [3.8, 4) is 0 Å². The fraction of sp³-hybridized carbons (Fsp3) is 0.667. The lowest BCUT2D eigenvalue weighted by atomic mass is 9.98. The third-order valence-electron chi connectivity index (χ3n) is 3.69. The minimum Gasteiger partial charge on any atom is -0.337 e. The number of imidazole rings is 1. The summed E-state index contributed by atoms with van der Waals surface area (Å²) in [5.74, 6) is 0.605. The van der Waals surface area contributed by atoms with Gasteiger partial charge in [-0.3, -0.25) is 0 Å². The lowest BCUT2D eigenvalue weighted by Crippen LogP contribution is -2.46. The summed E-state index contributed by atoms with van der Waals surface area (Å²) in [7, 11) is -2.00. The molecule has 2 heterocycles. The summed E-state index contributed by atoms with van der Waals surface area (Å²) in [6.07, 6.45) is 3.86. The third-order valence-corrected chi connectivity index (χ3v) is 5.43. The quantitative estimate of drug-likeness (QED) is 0.610. The second-order valence-electron chi connectivity index (χ2n) is 5.11. The van der Waals surface area contributed by atoms with Crippen LogP contribution in [0.5, 0.6) is 0 Å². The first kappa shape index (κ1) is 14.9. The summed E-state index contributed by atoms with van der Waals surface area (Å²) >= 11 is 0. The molecule has 7 nitrogen and oxygen atoms in total. The maximum atomic E-state index is 12.6. The Hall–Kier alpha value is -1.50. The smallest absolute Gasteiger partial charge is 0.263 e. The molecule has 8 heteroatoms. The number of nitrogens with zero attached hydrogens (tertiary/aromatic N) is 4. The third kappa shape index (κ3) is 2.54. The van der Waals surface area contributed by atoms with Crippen molar-refractivity contribution in [1.82, 2.24) is 13.9 Å². The molecule has 1 fully saturated rings. The molecule has 1 aliphatic heterocycles. The second kappa shape index (κ2) is 5.47. The molecule has 1 aromatic heterocycles. The van der Waals surface area contributed by atoms with Crippen molar-refractivity contribution < 1.29 is 13.2 Å². The number of hydrogen-bond donors (Lipinski definition) is 0. The van der Waals surface area contributed by atoms with Gasteiger partial charge in [-0.15, -0.1) is 0 Å². The molecule has 1 aliphatic rings. The van der Waals surface area contributed by atoms with E-state index in [-0.39, 0.29) is 10.9 Å². The Labute approximate surface area is 118 Å². The van der Waals surface area contributed by atoms with E-state index in [2.05, 4.69) is 9.98 Å². The van der Waals surface area contributed by atoms with E-state index in [1.165, 1.54) is 16.6 Å². The average molecular weight is 298 g/mol. The topological polar surface area (TPSA) is 84.6 Å². The first-order chi connectivity index (χ1) is 9.37. The van der Waals surface area contributed by atoms with Crippen LogP contribution in [-0.4, -0.2) is 41.1 Å². The number of rotatable bonds is 3. The number of aliphatic imine (C=N–C) groups is 1. The highest BCUT2D eigenvalue weighted by molar-refractivity contribution is 7.89. The summed E-state index contributed by atoms with van der Waals surface area (Å²) in [4.78, 5) is 18.3. The molecule has 0 aliphatic carbocycles. The Bertz CT molecular complexity index is 626. The molecule has 0 bridgehead atoms. The van der Waals surface area contributed by atoms with Crippen LogP contribution >= 0.6 is 0 Å². The van der Waals surface area contributed by atoms with Crippen LogP contribution in [0.4, 0.5) is 0 Å². The first-order valence-electron chi connectivity index (χ1n) is 6.46. The van der Waals surface area contributed by atoms with Crippen LogP contribution < -0.4 is 0 Å². The molecule has 0 radical (unpaired) electrons. The highest BCUT2D eigenvalue weighted by Crippen LogP contribution is 2.29. The number of piperidine rings is 1. The normalized spacial score (nSPS) is 24.4. The van der Waals surface area contributed by atoms with Crippen molar-refractivity contribution in [3.63, 3.8) is 0 Å². The summed E-state index contributed by atoms with van der Waals surface area (Å²) in [5, 5.41) is -0.00213. The van der Waals surface area contributed by atoms with Gasteiger partial charge in [0, 0.05) is 19.8 Å². The maximum absolute atomic E-state index is 12.6. The van der Waals surface area contributed by atoms with E-state index >= 15 is 0 Å². The summed E-state index contributed by atoms with van der Waals surface area (Å²) in [6.45, 7) is 3.97. The van der Waals surface area contributed by atoms with E-state index in [1.54, 1.807) is 18.5 Å². The van der Waals surface area contributed by atoms with E-state index in [0.717, 1.165) is 12.8 Å². The van der Waals surface area contributed by atoms with Crippen LogP contribution in [0.25, 0.3) is 0 Å². The van der Waals surface area contributed by atoms with Gasteiger partial charge in [-0.2, -0.15) is 9.30 Å². The predicted octanol–water partition coefficient (Wildman–Crippen LogP) is 0.811. The Morgan fingerprint density at radius 1 is 1.50 bits per heavy atom. The fourth-order valence-electron chi connectivity index (χ4n) is 2.41. The van der Waals surface area contributed by atoms with Gasteiger partial charge in [0.2, 0.25) is 6.08 Å². The predicted molar refractivity (Wildman–Crippen MR) is 72.1 cm³/mol. The number of isocyanates is 1. The summed E-state index contributed by atoms with van der Waals surface area (Å²) < 4.78 is 28.2. The number of hydrogen-bond acceptors (Lipinski definition) is 5. The molecule has 0 N–H and O–H groups in total. The highest BCUT2D eigenvalue weighted by atomic mass is 32.2. The standard InChI is InChI=1S/C12H18N4O3S/c1-9-5-4-6-16(12(9)13-8-17)20(18,19)11-7-15(3)10(2)14-11/h7,9,12H,4-6H2,1-3H3. The zero-order valence-corrected chi connectivity index (χ0v) is 12.6. The lowest BCUT2D eigenvalue weighted by molar-refractivity contribution is 0.193. The zero-order chi connectivity index (χ0) is 14.9. The maximum Gasteiger partial charge on any atom is 0.263 e. The highest BCUT2D eigenvalue weighted by Gasteiger charge is 2.38. The van der Waals surface area contributed by atoms with Crippen molar-refractivity contribution in [2.75, 3.05) is 6.54 Å². The molecule has 1 aromatic rings. The summed E-state index contributed by atoms with van der Waals surface area (Å²) in [6, 6.07) is 0. The molecular formula is C12H18N4O3S. The number of aryl methyl sites for hydroxylation is 2. The fourth-order valence-corrected chi connectivity index (χ4v) is 4.10. The number of aromatic nitrogens is 2. The van der Waals surface area contributed by atoms with Crippen molar-refractivity contribution >= 4 is 16.1 Å². The van der Waals surface area contributed by atoms with Crippen molar-refractivity contribution in [3.05, 3.63) is 12.0 Å². The number of sulfonamides is 1. The van der Waals surface area contributed by atoms with Gasteiger partial charge in [0.1, 0.15) is 12.0 Å². The Morgan fingerprint density at radius 2 is 2.20 bits per heavy atom. The SMILES string of the molecule is Cc1nc(S(=O)(=O)N2CCCC(C)C2N=C=O)cn1C. The van der Waals surface area contributed by atoms with Crippen LogP contribution in [-0.2, 0) is 21.9 Å².